The molecular formula is C11H16N4O2S2. The molecule has 2 heterocycles. The molecule has 2 aromatic heterocycles. The Balaban J connectivity index is 1.74. The summed E-state index contributed by atoms with van der Waals surface area (Å²) in [7, 11) is -3.59. The van der Waals surface area contributed by atoms with Crippen molar-refractivity contribution in [1.82, 2.24) is 14.1 Å². The molecular weight excluding hydrogens is 284 g/mol. The predicted molar refractivity (Wildman–Crippen MR) is 74.6 cm³/mol. The van der Waals surface area contributed by atoms with Crippen LogP contribution in [0.5, 0.6) is 0 Å². The van der Waals surface area contributed by atoms with Crippen LogP contribution in [-0.4, -0.2) is 24.3 Å². The monoisotopic (exact) mass is 300 g/mol. The number of sulfonamides is 1. The van der Waals surface area contributed by atoms with Gasteiger partial charge in [-0.2, -0.15) is 0 Å². The van der Waals surface area contributed by atoms with E-state index in [2.05, 4.69) is 9.71 Å². The van der Waals surface area contributed by atoms with Crippen molar-refractivity contribution in [2.75, 3.05) is 12.3 Å². The molecule has 0 amide bonds. The molecule has 6 nitrogen and oxygen atoms in total. The van der Waals surface area contributed by atoms with E-state index >= 15 is 0 Å². The maximum absolute atomic E-state index is 12.2. The van der Waals surface area contributed by atoms with Crippen molar-refractivity contribution in [3.05, 3.63) is 11.6 Å². The highest BCUT2D eigenvalue weighted by molar-refractivity contribution is 7.89. The van der Waals surface area contributed by atoms with E-state index in [1.54, 1.807) is 11.6 Å². The van der Waals surface area contributed by atoms with Gasteiger partial charge in [0.2, 0.25) is 0 Å². The third-order valence-electron chi connectivity index (χ3n) is 3.28. The first-order valence-electron chi connectivity index (χ1n) is 6.28. The number of nitrogen functional groups attached to an aromatic ring is 1. The molecule has 0 atom stereocenters. The maximum Gasteiger partial charge on any atom is 0.260 e. The Morgan fingerprint density at radius 3 is 3.05 bits per heavy atom. The Labute approximate surface area is 115 Å². The summed E-state index contributed by atoms with van der Waals surface area (Å²) >= 11 is 1.36. The first-order chi connectivity index (χ1) is 9.08. The fraction of sp³-hybridized carbons (Fsp3) is 0.545. The number of anilines is 1. The third kappa shape index (κ3) is 2.60. The molecule has 8 heteroatoms. The fourth-order valence-corrected chi connectivity index (χ4v) is 4.18. The zero-order valence-electron chi connectivity index (χ0n) is 10.4. The fourth-order valence-electron chi connectivity index (χ4n) is 2.12. The summed E-state index contributed by atoms with van der Waals surface area (Å²) in [5.41, 5.74) is 5.70. The third-order valence-corrected chi connectivity index (χ3v) is 5.53. The highest BCUT2D eigenvalue weighted by Crippen LogP contribution is 2.33. The maximum atomic E-state index is 12.2. The summed E-state index contributed by atoms with van der Waals surface area (Å²) in [5, 5.41) is 1.84. The van der Waals surface area contributed by atoms with E-state index in [0.717, 1.165) is 18.8 Å². The number of thiazole rings is 1. The normalized spacial score (nSPS) is 16.2. The lowest BCUT2D eigenvalue weighted by Crippen LogP contribution is -2.26. The van der Waals surface area contributed by atoms with E-state index in [0.29, 0.717) is 11.5 Å². The second-order valence-electron chi connectivity index (χ2n) is 4.84. The van der Waals surface area contributed by atoms with E-state index in [-0.39, 0.29) is 10.8 Å². The molecule has 0 radical (unpaired) electrons. The van der Waals surface area contributed by atoms with Crippen molar-refractivity contribution < 1.29 is 8.42 Å². The number of imidazole rings is 1. The van der Waals surface area contributed by atoms with Crippen molar-refractivity contribution >= 4 is 32.1 Å². The van der Waals surface area contributed by atoms with Gasteiger partial charge in [-0.3, -0.25) is 4.40 Å². The number of nitrogens with two attached hydrogens (primary N) is 1. The Morgan fingerprint density at radius 1 is 1.53 bits per heavy atom. The first kappa shape index (κ1) is 12.9. The predicted octanol–water partition coefficient (Wildman–Crippen LogP) is 1.45. The quantitative estimate of drug-likeness (QED) is 0.790. The van der Waals surface area contributed by atoms with Gasteiger partial charge in [0.15, 0.2) is 15.8 Å². The molecule has 0 spiro atoms. The summed E-state index contributed by atoms with van der Waals surface area (Å²) in [6.07, 6.45) is 6.21. The molecule has 1 aliphatic rings. The van der Waals surface area contributed by atoms with Crippen molar-refractivity contribution in [3.8, 4) is 0 Å². The van der Waals surface area contributed by atoms with Crippen LogP contribution in [0.25, 0.3) is 4.96 Å². The largest absolute Gasteiger partial charge is 0.381 e. The minimum absolute atomic E-state index is 0.0511. The minimum atomic E-state index is -3.59. The molecule has 3 rings (SSSR count). The van der Waals surface area contributed by atoms with Gasteiger partial charge in [-0.1, -0.05) is 12.8 Å². The topological polar surface area (TPSA) is 89.5 Å². The van der Waals surface area contributed by atoms with E-state index < -0.39 is 10.0 Å². The summed E-state index contributed by atoms with van der Waals surface area (Å²) in [4.78, 5) is 4.64. The van der Waals surface area contributed by atoms with E-state index in [1.807, 2.05) is 0 Å². The molecule has 0 aliphatic heterocycles. The van der Waals surface area contributed by atoms with E-state index in [4.69, 9.17) is 5.73 Å². The van der Waals surface area contributed by atoms with E-state index in [1.165, 1.54) is 28.6 Å². The van der Waals surface area contributed by atoms with Gasteiger partial charge in [-0.05, 0) is 18.8 Å². The summed E-state index contributed by atoms with van der Waals surface area (Å²) in [6, 6.07) is 0. The Kier molecular flexibility index (Phi) is 3.23. The van der Waals surface area contributed by atoms with Gasteiger partial charge in [-0.15, -0.1) is 11.3 Å². The van der Waals surface area contributed by atoms with Gasteiger partial charge in [0.1, 0.15) is 0 Å². The molecule has 0 bridgehead atoms. The van der Waals surface area contributed by atoms with Crippen molar-refractivity contribution in [3.63, 3.8) is 0 Å². The van der Waals surface area contributed by atoms with Crippen LogP contribution in [0.15, 0.2) is 16.6 Å². The van der Waals surface area contributed by atoms with Gasteiger partial charge >= 0.3 is 0 Å². The number of rotatable bonds is 6. The van der Waals surface area contributed by atoms with Crippen LogP contribution in [0, 0.1) is 5.92 Å². The molecule has 1 saturated carbocycles. The Hall–Kier alpha value is -1.12. The minimum Gasteiger partial charge on any atom is -0.381 e. The number of hydrogen-bond acceptors (Lipinski definition) is 5. The van der Waals surface area contributed by atoms with Crippen molar-refractivity contribution in [2.24, 2.45) is 5.92 Å². The lowest BCUT2D eigenvalue weighted by Gasteiger charge is -2.06. The van der Waals surface area contributed by atoms with Gasteiger partial charge in [-0.25, -0.2) is 18.1 Å². The van der Waals surface area contributed by atoms with Crippen LogP contribution in [-0.2, 0) is 10.0 Å². The molecule has 104 valence electrons. The Bertz CT molecular complexity index is 685. The SMILES string of the molecule is Nc1nc2sccn2c1S(=O)(=O)NCCCC1CC1. The van der Waals surface area contributed by atoms with Crippen molar-refractivity contribution in [2.45, 2.75) is 30.7 Å². The second kappa shape index (κ2) is 4.77. The van der Waals surface area contributed by atoms with Gasteiger partial charge in [0.05, 0.1) is 0 Å². The highest BCUT2D eigenvalue weighted by Gasteiger charge is 2.25. The van der Waals surface area contributed by atoms with Crippen LogP contribution in [0.2, 0.25) is 0 Å². The molecule has 2 aromatic rings. The summed E-state index contributed by atoms with van der Waals surface area (Å²) in [6.45, 7) is 0.454. The zero-order chi connectivity index (χ0) is 13.5. The van der Waals surface area contributed by atoms with Crippen LogP contribution in [0.1, 0.15) is 25.7 Å². The zero-order valence-corrected chi connectivity index (χ0v) is 12.0. The van der Waals surface area contributed by atoms with Crippen LogP contribution in [0.4, 0.5) is 5.82 Å². The first-order valence-corrected chi connectivity index (χ1v) is 8.65. The number of fused-ring (bicyclic) bond motifs is 1. The standard InChI is InChI=1S/C11H16N4O2S2/c12-9-10(15-6-7-18-11(15)14-9)19(16,17)13-5-1-2-8-3-4-8/h6-8,13H,1-5,12H2. The average molecular weight is 300 g/mol. The summed E-state index contributed by atoms with van der Waals surface area (Å²) in [5.74, 6) is 0.870. The molecule has 0 unspecified atom stereocenters. The average Bonchev–Trinajstić information content (AvgIpc) is 2.96. The van der Waals surface area contributed by atoms with Gasteiger partial charge in [0.25, 0.3) is 10.0 Å². The highest BCUT2D eigenvalue weighted by atomic mass is 32.2. The number of aromatic nitrogens is 2. The van der Waals surface area contributed by atoms with Crippen LogP contribution >= 0.6 is 11.3 Å². The molecule has 3 N–H and O–H groups in total. The number of hydrogen-bond donors (Lipinski definition) is 2. The van der Waals surface area contributed by atoms with Gasteiger partial charge in [0, 0.05) is 18.1 Å². The van der Waals surface area contributed by atoms with Gasteiger partial charge < -0.3 is 5.73 Å². The van der Waals surface area contributed by atoms with Crippen LogP contribution in [0.3, 0.4) is 0 Å². The lowest BCUT2D eigenvalue weighted by molar-refractivity contribution is 0.568. The number of nitrogens with one attached hydrogen (secondary N) is 1. The smallest absolute Gasteiger partial charge is 0.260 e. The summed E-state index contributed by atoms with van der Waals surface area (Å²) < 4.78 is 28.6. The lowest BCUT2D eigenvalue weighted by atomic mass is 10.2. The molecule has 1 aliphatic carbocycles. The second-order valence-corrected chi connectivity index (χ2v) is 7.40. The molecule has 0 saturated heterocycles. The molecule has 0 aromatic carbocycles. The van der Waals surface area contributed by atoms with E-state index in [9.17, 15) is 8.42 Å². The molecule has 1 fully saturated rings. The molecule has 19 heavy (non-hydrogen) atoms. The number of nitrogens with zero attached hydrogens (tertiary/aromatic N) is 2. The Morgan fingerprint density at radius 2 is 2.32 bits per heavy atom. The van der Waals surface area contributed by atoms with Crippen molar-refractivity contribution in [1.29, 1.82) is 0 Å². The van der Waals surface area contributed by atoms with Crippen LogP contribution < -0.4 is 10.5 Å².